The Kier molecular flexibility index (Phi) is 5.55. The molecule has 8 heteroatoms. The van der Waals surface area contributed by atoms with Gasteiger partial charge in [0.15, 0.2) is 0 Å². The normalized spacial score (nSPS) is 19.8. The molecule has 2 fully saturated rings. The molecule has 2 aliphatic rings. The van der Waals surface area contributed by atoms with Gasteiger partial charge in [-0.05, 0) is 46.0 Å². The molecule has 0 radical (unpaired) electrons. The van der Waals surface area contributed by atoms with Crippen molar-refractivity contribution in [1.29, 1.82) is 0 Å². The van der Waals surface area contributed by atoms with Crippen molar-refractivity contribution in [1.82, 2.24) is 29.2 Å². The average Bonchev–Trinajstić information content (AvgIpc) is 3.14. The predicted octanol–water partition coefficient (Wildman–Crippen LogP) is 1.75. The number of urea groups is 1. The van der Waals surface area contributed by atoms with Crippen LogP contribution in [0.3, 0.4) is 0 Å². The number of carbonyl (C=O) groups is 2. The number of imide groups is 1. The van der Waals surface area contributed by atoms with Crippen molar-refractivity contribution >= 4 is 23.0 Å². The van der Waals surface area contributed by atoms with E-state index in [-0.39, 0.29) is 11.9 Å². The van der Waals surface area contributed by atoms with Crippen LogP contribution in [0.5, 0.6) is 0 Å². The number of hydrogen-bond donors (Lipinski definition) is 0. The molecule has 3 amide bonds. The van der Waals surface area contributed by atoms with Gasteiger partial charge in [0.25, 0.3) is 5.91 Å². The standard InChI is InChI=1S/C22H32N6O2/c1-5-28-21(30)27(15-14-24(2)3)20(29)22(28)10-12-26(13-11-22)16-19-23-17-8-6-7-9-18(17)25(19)4/h6-9H,5,10-16H2,1-4H3. The molecule has 2 aliphatic heterocycles. The first-order valence-electron chi connectivity index (χ1n) is 10.8. The molecule has 1 spiro atoms. The molecule has 2 saturated heterocycles. The zero-order chi connectivity index (χ0) is 21.5. The third-order valence-electron chi connectivity index (χ3n) is 6.64. The van der Waals surface area contributed by atoms with E-state index in [9.17, 15) is 9.59 Å². The van der Waals surface area contributed by atoms with E-state index in [1.807, 2.05) is 44.1 Å². The van der Waals surface area contributed by atoms with E-state index in [0.717, 1.165) is 36.5 Å². The van der Waals surface area contributed by atoms with Gasteiger partial charge < -0.3 is 14.4 Å². The third-order valence-corrected chi connectivity index (χ3v) is 6.64. The lowest BCUT2D eigenvalue weighted by atomic mass is 9.86. The van der Waals surface area contributed by atoms with Crippen LogP contribution < -0.4 is 0 Å². The van der Waals surface area contributed by atoms with Gasteiger partial charge in [-0.2, -0.15) is 0 Å². The number of imidazole rings is 1. The number of para-hydroxylation sites is 2. The summed E-state index contributed by atoms with van der Waals surface area (Å²) in [5.74, 6) is 1.01. The van der Waals surface area contributed by atoms with E-state index in [0.29, 0.717) is 32.5 Å². The van der Waals surface area contributed by atoms with Gasteiger partial charge in [0, 0.05) is 39.8 Å². The number of rotatable bonds is 6. The zero-order valence-electron chi connectivity index (χ0n) is 18.5. The van der Waals surface area contributed by atoms with Gasteiger partial charge in [-0.25, -0.2) is 9.78 Å². The van der Waals surface area contributed by atoms with Crippen molar-refractivity contribution in [2.24, 2.45) is 7.05 Å². The van der Waals surface area contributed by atoms with Crippen LogP contribution in [0.4, 0.5) is 4.79 Å². The third kappa shape index (κ3) is 3.37. The van der Waals surface area contributed by atoms with Crippen molar-refractivity contribution in [3.63, 3.8) is 0 Å². The van der Waals surface area contributed by atoms with Crippen LogP contribution in [-0.2, 0) is 18.4 Å². The Labute approximate surface area is 178 Å². The highest BCUT2D eigenvalue weighted by Gasteiger charge is 2.57. The van der Waals surface area contributed by atoms with E-state index in [2.05, 4.69) is 22.6 Å². The lowest BCUT2D eigenvalue weighted by Gasteiger charge is -2.41. The minimum Gasteiger partial charge on any atom is -0.330 e. The van der Waals surface area contributed by atoms with Gasteiger partial charge in [0.1, 0.15) is 11.4 Å². The fourth-order valence-electron chi connectivity index (χ4n) is 4.82. The van der Waals surface area contributed by atoms with E-state index in [4.69, 9.17) is 4.98 Å². The molecule has 1 aromatic heterocycles. The second kappa shape index (κ2) is 8.00. The molecule has 8 nitrogen and oxygen atoms in total. The number of aromatic nitrogens is 2. The van der Waals surface area contributed by atoms with Crippen LogP contribution in [-0.4, -0.2) is 93.4 Å². The summed E-state index contributed by atoms with van der Waals surface area (Å²) >= 11 is 0. The highest BCUT2D eigenvalue weighted by molar-refractivity contribution is 6.07. The topological polar surface area (TPSA) is 64.9 Å². The van der Waals surface area contributed by atoms with E-state index < -0.39 is 5.54 Å². The van der Waals surface area contributed by atoms with Crippen LogP contribution >= 0.6 is 0 Å². The molecule has 0 bridgehead atoms. The Hall–Kier alpha value is -2.45. The summed E-state index contributed by atoms with van der Waals surface area (Å²) in [7, 11) is 5.96. The lowest BCUT2D eigenvalue weighted by molar-refractivity contribution is -0.135. The molecule has 30 heavy (non-hydrogen) atoms. The van der Waals surface area contributed by atoms with Crippen LogP contribution in [0.2, 0.25) is 0 Å². The number of likely N-dealkylation sites (tertiary alicyclic amines) is 1. The smallest absolute Gasteiger partial charge is 0.327 e. The van der Waals surface area contributed by atoms with Gasteiger partial charge in [0.05, 0.1) is 17.6 Å². The van der Waals surface area contributed by atoms with Crippen molar-refractivity contribution in [2.75, 3.05) is 46.8 Å². The Morgan fingerprint density at radius 2 is 1.83 bits per heavy atom. The van der Waals surface area contributed by atoms with Crippen LogP contribution in [0.25, 0.3) is 11.0 Å². The minimum absolute atomic E-state index is 0.0152. The molecule has 162 valence electrons. The maximum Gasteiger partial charge on any atom is 0.327 e. The molecule has 0 atom stereocenters. The molecule has 1 aromatic carbocycles. The van der Waals surface area contributed by atoms with Crippen LogP contribution in [0, 0.1) is 0 Å². The number of amides is 3. The molecular formula is C22H32N6O2. The number of likely N-dealkylation sites (N-methyl/N-ethyl adjacent to an activating group) is 2. The largest absolute Gasteiger partial charge is 0.330 e. The Morgan fingerprint density at radius 1 is 1.13 bits per heavy atom. The van der Waals surface area contributed by atoms with Crippen molar-refractivity contribution in [3.05, 3.63) is 30.1 Å². The molecule has 4 rings (SSSR count). The van der Waals surface area contributed by atoms with Crippen molar-refractivity contribution in [2.45, 2.75) is 31.8 Å². The highest BCUT2D eigenvalue weighted by Crippen LogP contribution is 2.37. The molecule has 0 unspecified atom stereocenters. The van der Waals surface area contributed by atoms with E-state index >= 15 is 0 Å². The predicted molar refractivity (Wildman–Crippen MR) is 116 cm³/mol. The van der Waals surface area contributed by atoms with E-state index in [1.165, 1.54) is 4.90 Å². The van der Waals surface area contributed by atoms with Crippen LogP contribution in [0.15, 0.2) is 24.3 Å². The Balaban J connectivity index is 1.47. The minimum atomic E-state index is -0.680. The SMILES string of the molecule is CCN1C(=O)N(CCN(C)C)C(=O)C12CCN(Cc1nc3ccccc3n1C)CC2. The summed E-state index contributed by atoms with van der Waals surface area (Å²) in [4.78, 5) is 38.7. The number of benzene rings is 1. The van der Waals surface area contributed by atoms with Gasteiger partial charge in [-0.3, -0.25) is 14.6 Å². The zero-order valence-corrected chi connectivity index (χ0v) is 18.5. The number of piperidine rings is 1. The summed E-state index contributed by atoms with van der Waals surface area (Å²) in [5.41, 5.74) is 1.46. The molecule has 0 saturated carbocycles. The molecule has 3 heterocycles. The maximum absolute atomic E-state index is 13.3. The number of aryl methyl sites for hydroxylation is 1. The number of nitrogens with zero attached hydrogens (tertiary/aromatic N) is 6. The van der Waals surface area contributed by atoms with Crippen molar-refractivity contribution in [3.8, 4) is 0 Å². The number of fused-ring (bicyclic) bond motifs is 1. The summed E-state index contributed by atoms with van der Waals surface area (Å²) < 4.78 is 2.14. The first kappa shape index (κ1) is 20.8. The van der Waals surface area contributed by atoms with Gasteiger partial charge in [-0.15, -0.1) is 0 Å². The van der Waals surface area contributed by atoms with Crippen LogP contribution in [0.1, 0.15) is 25.6 Å². The fourth-order valence-corrected chi connectivity index (χ4v) is 4.82. The first-order valence-corrected chi connectivity index (χ1v) is 10.8. The Morgan fingerprint density at radius 3 is 2.47 bits per heavy atom. The number of hydrogen-bond acceptors (Lipinski definition) is 5. The van der Waals surface area contributed by atoms with Gasteiger partial charge in [-0.1, -0.05) is 12.1 Å². The summed E-state index contributed by atoms with van der Waals surface area (Å²) in [6.45, 7) is 5.97. The average molecular weight is 413 g/mol. The summed E-state index contributed by atoms with van der Waals surface area (Å²) in [6, 6.07) is 8.03. The quantitative estimate of drug-likeness (QED) is 0.677. The first-order chi connectivity index (χ1) is 14.4. The monoisotopic (exact) mass is 412 g/mol. The molecule has 0 N–H and O–H groups in total. The maximum atomic E-state index is 13.3. The second-order valence-corrected chi connectivity index (χ2v) is 8.67. The summed E-state index contributed by atoms with van der Waals surface area (Å²) in [6.07, 6.45) is 1.35. The van der Waals surface area contributed by atoms with Gasteiger partial charge in [0.2, 0.25) is 0 Å². The number of carbonyl (C=O) groups excluding carboxylic acids is 2. The lowest BCUT2D eigenvalue weighted by Crippen LogP contribution is -2.56. The summed E-state index contributed by atoms with van der Waals surface area (Å²) in [5, 5.41) is 0. The fraction of sp³-hybridized carbons (Fsp3) is 0.591. The van der Waals surface area contributed by atoms with Crippen molar-refractivity contribution < 1.29 is 9.59 Å². The van der Waals surface area contributed by atoms with E-state index in [1.54, 1.807) is 4.90 Å². The molecule has 0 aliphatic carbocycles. The Bertz CT molecular complexity index is 944. The highest BCUT2D eigenvalue weighted by atomic mass is 16.2. The molecular weight excluding hydrogens is 380 g/mol. The molecule has 2 aromatic rings. The van der Waals surface area contributed by atoms with Gasteiger partial charge >= 0.3 is 6.03 Å². The second-order valence-electron chi connectivity index (χ2n) is 8.67.